The summed E-state index contributed by atoms with van der Waals surface area (Å²) in [6, 6.07) is 5.45. The van der Waals surface area contributed by atoms with Gasteiger partial charge in [-0.25, -0.2) is 0 Å². The van der Waals surface area contributed by atoms with Gasteiger partial charge in [-0.2, -0.15) is 21.9 Å². The van der Waals surface area contributed by atoms with E-state index in [1.165, 1.54) is 11.3 Å². The molecule has 0 N–H and O–H groups in total. The van der Waals surface area contributed by atoms with Crippen LogP contribution in [0.25, 0.3) is 6.08 Å². The zero-order chi connectivity index (χ0) is 8.10. The minimum absolute atomic E-state index is 0.142. The van der Waals surface area contributed by atoms with E-state index in [4.69, 9.17) is 10.5 Å². The Morgan fingerprint density at radius 3 is 2.64 bits per heavy atom. The maximum atomic E-state index is 8.39. The van der Waals surface area contributed by atoms with Gasteiger partial charge in [-0.3, -0.25) is 0 Å². The third-order valence-electron chi connectivity index (χ3n) is 1.10. The second-order valence-electron chi connectivity index (χ2n) is 1.84. The molecule has 0 aliphatic rings. The van der Waals surface area contributed by atoms with Crippen LogP contribution >= 0.6 is 11.3 Å². The molecule has 0 aromatic carbocycles. The van der Waals surface area contributed by atoms with Gasteiger partial charge >= 0.3 is 0 Å². The van der Waals surface area contributed by atoms with Gasteiger partial charge in [0.2, 0.25) is 0 Å². The van der Waals surface area contributed by atoms with Gasteiger partial charge in [-0.15, -0.1) is 0 Å². The fourth-order valence-corrected chi connectivity index (χ4v) is 1.23. The lowest BCUT2D eigenvalue weighted by molar-refractivity contribution is 1.47. The van der Waals surface area contributed by atoms with Crippen LogP contribution in [-0.4, -0.2) is 0 Å². The lowest BCUT2D eigenvalue weighted by Crippen LogP contribution is -1.69. The fraction of sp³-hybridized carbons (Fsp3) is 0. The van der Waals surface area contributed by atoms with Crippen LogP contribution in [0.1, 0.15) is 5.56 Å². The smallest absolute Gasteiger partial charge is 0.130 e. The Labute approximate surface area is 68.6 Å². The van der Waals surface area contributed by atoms with Gasteiger partial charge in [0.25, 0.3) is 0 Å². The van der Waals surface area contributed by atoms with E-state index in [2.05, 4.69) is 0 Å². The van der Waals surface area contributed by atoms with Crippen molar-refractivity contribution >= 4 is 17.4 Å². The normalized spacial score (nSPS) is 7.82. The van der Waals surface area contributed by atoms with Gasteiger partial charge in [0, 0.05) is 0 Å². The Kier molecular flexibility index (Phi) is 2.43. The molecule has 0 amide bonds. The number of nitrogens with zero attached hydrogens (tertiary/aromatic N) is 2. The number of hydrogen-bond donors (Lipinski definition) is 0. The quantitative estimate of drug-likeness (QED) is 0.591. The molecule has 1 heterocycles. The topological polar surface area (TPSA) is 47.6 Å². The third kappa shape index (κ3) is 1.93. The van der Waals surface area contributed by atoms with E-state index < -0.39 is 0 Å². The molecule has 3 heteroatoms. The highest BCUT2D eigenvalue weighted by Gasteiger charge is 1.92. The molecule has 0 aliphatic carbocycles. The van der Waals surface area contributed by atoms with Crippen LogP contribution in [-0.2, 0) is 0 Å². The SMILES string of the molecule is N#CC(C#N)=Cc1ccsc1. The molecule has 0 radical (unpaired) electrons. The second-order valence-corrected chi connectivity index (χ2v) is 2.62. The molecule has 0 unspecified atom stereocenters. The largest absolute Gasteiger partial charge is 0.192 e. The summed E-state index contributed by atoms with van der Waals surface area (Å²) in [4.78, 5) is 0. The average molecular weight is 160 g/mol. The molecule has 0 saturated heterocycles. The Morgan fingerprint density at radius 1 is 1.45 bits per heavy atom. The lowest BCUT2D eigenvalue weighted by atomic mass is 10.2. The molecule has 1 rings (SSSR count). The second kappa shape index (κ2) is 3.55. The van der Waals surface area contributed by atoms with Crippen LogP contribution in [0.2, 0.25) is 0 Å². The summed E-state index contributed by atoms with van der Waals surface area (Å²) >= 11 is 1.54. The average Bonchev–Trinajstić information content (AvgIpc) is 2.52. The summed E-state index contributed by atoms with van der Waals surface area (Å²) in [7, 11) is 0. The summed E-state index contributed by atoms with van der Waals surface area (Å²) in [5.74, 6) is 0. The first-order valence-electron chi connectivity index (χ1n) is 2.91. The molecule has 52 valence electrons. The number of rotatable bonds is 1. The van der Waals surface area contributed by atoms with E-state index in [1.54, 1.807) is 18.2 Å². The van der Waals surface area contributed by atoms with Gasteiger partial charge in [0.15, 0.2) is 0 Å². The van der Waals surface area contributed by atoms with Crippen LogP contribution in [0.4, 0.5) is 0 Å². The van der Waals surface area contributed by atoms with E-state index in [0.717, 1.165) is 5.56 Å². The van der Waals surface area contributed by atoms with Crippen molar-refractivity contribution in [1.29, 1.82) is 10.5 Å². The fourth-order valence-electron chi connectivity index (χ4n) is 0.613. The van der Waals surface area contributed by atoms with Crippen molar-refractivity contribution in [2.75, 3.05) is 0 Å². The number of hydrogen-bond acceptors (Lipinski definition) is 3. The predicted octanol–water partition coefficient (Wildman–Crippen LogP) is 2.18. The number of allylic oxidation sites excluding steroid dienone is 1. The van der Waals surface area contributed by atoms with Gasteiger partial charge in [0.05, 0.1) is 0 Å². The Balaban J connectivity index is 2.93. The van der Waals surface area contributed by atoms with E-state index >= 15 is 0 Å². The van der Waals surface area contributed by atoms with Crippen molar-refractivity contribution in [2.45, 2.75) is 0 Å². The summed E-state index contributed by atoms with van der Waals surface area (Å²) in [5, 5.41) is 20.6. The minimum atomic E-state index is 0.142. The van der Waals surface area contributed by atoms with Crippen molar-refractivity contribution in [3.8, 4) is 12.1 Å². The third-order valence-corrected chi connectivity index (χ3v) is 1.80. The molecule has 1 aromatic rings. The van der Waals surface area contributed by atoms with Gasteiger partial charge < -0.3 is 0 Å². The van der Waals surface area contributed by atoms with Crippen molar-refractivity contribution in [2.24, 2.45) is 0 Å². The molecule has 1 aromatic heterocycles. The van der Waals surface area contributed by atoms with Crippen LogP contribution in [0.3, 0.4) is 0 Å². The number of thiophene rings is 1. The summed E-state index contributed by atoms with van der Waals surface area (Å²) < 4.78 is 0. The van der Waals surface area contributed by atoms with Crippen LogP contribution in [0.15, 0.2) is 22.4 Å². The molecule has 2 nitrogen and oxygen atoms in total. The van der Waals surface area contributed by atoms with Crippen molar-refractivity contribution in [1.82, 2.24) is 0 Å². The highest BCUT2D eigenvalue weighted by molar-refractivity contribution is 7.08. The van der Waals surface area contributed by atoms with E-state index in [9.17, 15) is 0 Å². The summed E-state index contributed by atoms with van der Waals surface area (Å²) in [5.41, 5.74) is 1.05. The van der Waals surface area contributed by atoms with Gasteiger partial charge in [-0.05, 0) is 28.5 Å². The highest BCUT2D eigenvalue weighted by Crippen LogP contribution is 2.09. The standard InChI is InChI=1S/C8H4N2S/c9-4-8(5-10)3-7-1-2-11-6-7/h1-3,6H. The molecule has 0 saturated carbocycles. The summed E-state index contributed by atoms with van der Waals surface area (Å²) in [6.45, 7) is 0. The van der Waals surface area contributed by atoms with Gasteiger partial charge in [-0.1, -0.05) is 0 Å². The van der Waals surface area contributed by atoms with Crippen LogP contribution in [0.5, 0.6) is 0 Å². The minimum Gasteiger partial charge on any atom is -0.192 e. The molecular formula is C8H4N2S. The maximum Gasteiger partial charge on any atom is 0.130 e. The maximum absolute atomic E-state index is 8.39. The first-order chi connectivity index (χ1) is 5.36. The molecule has 0 fully saturated rings. The highest BCUT2D eigenvalue weighted by atomic mass is 32.1. The number of nitriles is 2. The van der Waals surface area contributed by atoms with Crippen molar-refractivity contribution < 1.29 is 0 Å². The Bertz CT molecular complexity index is 319. The molecule has 0 spiro atoms. The first-order valence-corrected chi connectivity index (χ1v) is 3.85. The summed E-state index contributed by atoms with van der Waals surface area (Å²) in [6.07, 6.45) is 1.57. The van der Waals surface area contributed by atoms with Crippen LogP contribution < -0.4 is 0 Å². The Hall–Kier alpha value is -1.58. The zero-order valence-electron chi connectivity index (χ0n) is 5.61. The lowest BCUT2D eigenvalue weighted by Gasteiger charge is -1.80. The first kappa shape index (κ1) is 7.53. The van der Waals surface area contributed by atoms with Crippen molar-refractivity contribution in [3.63, 3.8) is 0 Å². The van der Waals surface area contributed by atoms with E-state index in [-0.39, 0.29) is 5.57 Å². The predicted molar refractivity (Wildman–Crippen MR) is 43.5 cm³/mol. The van der Waals surface area contributed by atoms with Crippen LogP contribution in [0, 0.1) is 22.7 Å². The van der Waals surface area contributed by atoms with E-state index in [1.807, 2.05) is 16.8 Å². The van der Waals surface area contributed by atoms with Crippen molar-refractivity contribution in [3.05, 3.63) is 28.0 Å². The Morgan fingerprint density at radius 2 is 2.18 bits per heavy atom. The molecule has 11 heavy (non-hydrogen) atoms. The van der Waals surface area contributed by atoms with E-state index in [0.29, 0.717) is 0 Å². The molecular weight excluding hydrogens is 156 g/mol. The molecule has 0 atom stereocenters. The molecule has 0 bridgehead atoms. The zero-order valence-corrected chi connectivity index (χ0v) is 6.43. The monoisotopic (exact) mass is 160 g/mol. The molecule has 0 aliphatic heterocycles. The van der Waals surface area contributed by atoms with Gasteiger partial charge in [0.1, 0.15) is 17.7 Å².